The van der Waals surface area contributed by atoms with Gasteiger partial charge in [0.25, 0.3) is 5.91 Å². The summed E-state index contributed by atoms with van der Waals surface area (Å²) < 4.78 is 16.8. The summed E-state index contributed by atoms with van der Waals surface area (Å²) in [6.45, 7) is 6.97. The number of hydrogen-bond acceptors (Lipinski definition) is 5. The molecule has 0 saturated carbocycles. The van der Waals surface area contributed by atoms with Crippen LogP contribution < -0.4 is 14.8 Å². The molecule has 0 radical (unpaired) electrons. The average Bonchev–Trinajstić information content (AvgIpc) is 3.24. The van der Waals surface area contributed by atoms with Gasteiger partial charge in [0.1, 0.15) is 0 Å². The van der Waals surface area contributed by atoms with Gasteiger partial charge in [0.15, 0.2) is 11.5 Å². The quantitative estimate of drug-likeness (QED) is 0.741. The number of nitrogens with one attached hydrogen (secondary N) is 1. The molecule has 2 heterocycles. The SMILES string of the molecule is CCOc1ccc(C(=O)NCC2(c3cccs3)CCOCC2)cc1OCC. The number of carbonyl (C=O) groups is 1. The lowest BCUT2D eigenvalue weighted by atomic mass is 9.78. The number of ether oxygens (including phenoxy) is 3. The topological polar surface area (TPSA) is 56.8 Å². The van der Waals surface area contributed by atoms with E-state index in [0.717, 1.165) is 26.1 Å². The molecule has 6 heteroatoms. The molecule has 1 saturated heterocycles. The van der Waals surface area contributed by atoms with E-state index in [2.05, 4.69) is 22.8 Å². The molecule has 1 aliphatic heterocycles. The lowest BCUT2D eigenvalue weighted by Gasteiger charge is -2.36. The van der Waals surface area contributed by atoms with E-state index in [1.54, 1.807) is 29.5 Å². The maximum absolute atomic E-state index is 12.8. The van der Waals surface area contributed by atoms with E-state index in [4.69, 9.17) is 14.2 Å². The van der Waals surface area contributed by atoms with Crippen LogP contribution in [0.15, 0.2) is 35.7 Å². The van der Waals surface area contributed by atoms with Crippen molar-refractivity contribution in [3.63, 3.8) is 0 Å². The molecule has 1 N–H and O–H groups in total. The third-order valence-electron chi connectivity index (χ3n) is 4.89. The Morgan fingerprint density at radius 1 is 1.15 bits per heavy atom. The van der Waals surface area contributed by atoms with Gasteiger partial charge in [-0.15, -0.1) is 11.3 Å². The number of amides is 1. The minimum Gasteiger partial charge on any atom is -0.490 e. The van der Waals surface area contributed by atoms with Crippen LogP contribution in [-0.4, -0.2) is 38.9 Å². The monoisotopic (exact) mass is 389 g/mol. The van der Waals surface area contributed by atoms with Crippen LogP contribution in [0.3, 0.4) is 0 Å². The third kappa shape index (κ3) is 4.62. The fourth-order valence-electron chi connectivity index (χ4n) is 3.40. The fraction of sp³-hybridized carbons (Fsp3) is 0.476. The Morgan fingerprint density at radius 2 is 1.89 bits per heavy atom. The number of rotatable bonds is 8. The van der Waals surface area contributed by atoms with Crippen LogP contribution in [-0.2, 0) is 10.2 Å². The highest BCUT2D eigenvalue weighted by Crippen LogP contribution is 2.37. The zero-order valence-corrected chi connectivity index (χ0v) is 16.8. The second kappa shape index (κ2) is 9.24. The minimum absolute atomic E-state index is 0.0455. The van der Waals surface area contributed by atoms with E-state index < -0.39 is 0 Å². The van der Waals surface area contributed by atoms with Crippen molar-refractivity contribution in [3.05, 3.63) is 46.2 Å². The maximum Gasteiger partial charge on any atom is 0.251 e. The molecule has 146 valence electrons. The van der Waals surface area contributed by atoms with Crippen molar-refractivity contribution in [2.45, 2.75) is 32.1 Å². The summed E-state index contributed by atoms with van der Waals surface area (Å²) in [5.74, 6) is 1.17. The minimum atomic E-state index is -0.0959. The van der Waals surface area contributed by atoms with Crippen molar-refractivity contribution in [1.29, 1.82) is 0 Å². The molecule has 0 atom stereocenters. The molecule has 1 aliphatic rings. The summed E-state index contributed by atoms with van der Waals surface area (Å²) in [5, 5.41) is 5.23. The molecule has 1 aromatic carbocycles. The lowest BCUT2D eigenvalue weighted by molar-refractivity contribution is 0.0499. The van der Waals surface area contributed by atoms with Crippen LogP contribution in [0.1, 0.15) is 41.9 Å². The third-order valence-corrected chi connectivity index (χ3v) is 6.00. The smallest absolute Gasteiger partial charge is 0.251 e. The number of benzene rings is 1. The van der Waals surface area contributed by atoms with Gasteiger partial charge in [-0.25, -0.2) is 0 Å². The molecular weight excluding hydrogens is 362 g/mol. The number of thiophene rings is 1. The highest BCUT2D eigenvalue weighted by atomic mass is 32.1. The van der Waals surface area contributed by atoms with Gasteiger partial charge in [0.05, 0.1) is 13.2 Å². The van der Waals surface area contributed by atoms with E-state index in [-0.39, 0.29) is 11.3 Å². The molecule has 0 aliphatic carbocycles. The molecule has 0 spiro atoms. The molecule has 1 fully saturated rings. The number of hydrogen-bond donors (Lipinski definition) is 1. The van der Waals surface area contributed by atoms with Gasteiger partial charge in [-0.1, -0.05) is 6.07 Å². The largest absolute Gasteiger partial charge is 0.490 e. The standard InChI is InChI=1S/C21H27NO4S/c1-3-25-17-8-7-16(14-18(17)26-4-2)20(23)22-15-21(9-11-24-12-10-21)19-6-5-13-27-19/h5-8,13-14H,3-4,9-12,15H2,1-2H3,(H,22,23). The van der Waals surface area contributed by atoms with E-state index in [1.165, 1.54) is 4.88 Å². The van der Waals surface area contributed by atoms with Crippen molar-refractivity contribution in [2.24, 2.45) is 0 Å². The summed E-state index contributed by atoms with van der Waals surface area (Å²) in [7, 11) is 0. The van der Waals surface area contributed by atoms with Crippen molar-refractivity contribution < 1.29 is 19.0 Å². The van der Waals surface area contributed by atoms with Crippen molar-refractivity contribution in [1.82, 2.24) is 5.32 Å². The van der Waals surface area contributed by atoms with E-state index >= 15 is 0 Å². The average molecular weight is 390 g/mol. The van der Waals surface area contributed by atoms with Crippen LogP contribution in [0.4, 0.5) is 0 Å². The first-order valence-electron chi connectivity index (χ1n) is 9.48. The molecule has 2 aromatic rings. The van der Waals surface area contributed by atoms with Crippen molar-refractivity contribution in [3.8, 4) is 11.5 Å². The first-order chi connectivity index (χ1) is 13.2. The predicted molar refractivity (Wildman–Crippen MR) is 107 cm³/mol. The Bertz CT molecular complexity index is 739. The van der Waals surface area contributed by atoms with Crippen LogP contribution >= 0.6 is 11.3 Å². The first kappa shape index (κ1) is 19.7. The summed E-state index contributed by atoms with van der Waals surface area (Å²) >= 11 is 1.75. The molecular formula is C21H27NO4S. The summed E-state index contributed by atoms with van der Waals surface area (Å²) in [6, 6.07) is 9.56. The summed E-state index contributed by atoms with van der Waals surface area (Å²) in [4.78, 5) is 14.1. The molecule has 5 nitrogen and oxygen atoms in total. The zero-order valence-electron chi connectivity index (χ0n) is 16.0. The van der Waals surface area contributed by atoms with Gasteiger partial charge in [-0.05, 0) is 56.3 Å². The Morgan fingerprint density at radius 3 is 2.56 bits per heavy atom. The van der Waals surface area contributed by atoms with Gasteiger partial charge in [0.2, 0.25) is 0 Å². The van der Waals surface area contributed by atoms with Crippen LogP contribution in [0.25, 0.3) is 0 Å². The van der Waals surface area contributed by atoms with Crippen LogP contribution in [0, 0.1) is 0 Å². The van der Waals surface area contributed by atoms with Gasteiger partial charge in [-0.3, -0.25) is 4.79 Å². The number of carbonyl (C=O) groups excluding carboxylic acids is 1. The van der Waals surface area contributed by atoms with Gasteiger partial charge >= 0.3 is 0 Å². The molecule has 3 rings (SSSR count). The van der Waals surface area contributed by atoms with Crippen molar-refractivity contribution in [2.75, 3.05) is 33.0 Å². The highest BCUT2D eigenvalue weighted by molar-refractivity contribution is 7.10. The molecule has 0 unspecified atom stereocenters. The molecule has 27 heavy (non-hydrogen) atoms. The van der Waals surface area contributed by atoms with Gasteiger partial charge in [0, 0.05) is 35.6 Å². The van der Waals surface area contributed by atoms with Gasteiger partial charge in [-0.2, -0.15) is 0 Å². The van der Waals surface area contributed by atoms with E-state index in [9.17, 15) is 4.79 Å². The molecule has 0 bridgehead atoms. The Labute approximate surface area is 164 Å². The zero-order chi connectivity index (χ0) is 19.1. The normalized spacial score (nSPS) is 15.9. The second-order valence-electron chi connectivity index (χ2n) is 6.58. The predicted octanol–water partition coefficient (Wildman–Crippen LogP) is 4.02. The Kier molecular flexibility index (Phi) is 6.74. The van der Waals surface area contributed by atoms with E-state index in [1.807, 2.05) is 13.8 Å². The fourth-order valence-corrected chi connectivity index (χ4v) is 4.38. The lowest BCUT2D eigenvalue weighted by Crippen LogP contribution is -2.44. The second-order valence-corrected chi connectivity index (χ2v) is 7.53. The maximum atomic E-state index is 12.8. The van der Waals surface area contributed by atoms with Crippen LogP contribution in [0.2, 0.25) is 0 Å². The summed E-state index contributed by atoms with van der Waals surface area (Å²) in [6.07, 6.45) is 1.84. The molecule has 1 aromatic heterocycles. The van der Waals surface area contributed by atoms with E-state index in [0.29, 0.717) is 36.8 Å². The highest BCUT2D eigenvalue weighted by Gasteiger charge is 2.35. The van der Waals surface area contributed by atoms with Gasteiger partial charge < -0.3 is 19.5 Å². The Hall–Kier alpha value is -2.05. The van der Waals surface area contributed by atoms with Crippen molar-refractivity contribution >= 4 is 17.2 Å². The Balaban J connectivity index is 1.73. The van der Waals surface area contributed by atoms with Crippen LogP contribution in [0.5, 0.6) is 11.5 Å². The first-order valence-corrected chi connectivity index (χ1v) is 10.4. The molecule has 1 amide bonds. The summed E-state index contributed by atoms with van der Waals surface area (Å²) in [5.41, 5.74) is 0.533.